The molecule has 1 aromatic rings. The van der Waals surface area contributed by atoms with Crippen LogP contribution in [-0.4, -0.2) is 30.1 Å². The topological polar surface area (TPSA) is 15.3 Å². The number of benzene rings is 1. The number of nitrogens with one attached hydrogen (secondary N) is 1. The van der Waals surface area contributed by atoms with Crippen molar-refractivity contribution >= 4 is 0 Å². The lowest BCUT2D eigenvalue weighted by Crippen LogP contribution is -2.56. The molecule has 2 heteroatoms. The van der Waals surface area contributed by atoms with Gasteiger partial charge in [-0.25, -0.2) is 0 Å². The Bertz CT molecular complexity index is 480. The molecule has 0 amide bonds. The zero-order chi connectivity index (χ0) is 14.3. The molecule has 20 heavy (non-hydrogen) atoms. The maximum absolute atomic E-state index is 3.60. The first-order valence-corrected chi connectivity index (χ1v) is 8.07. The highest BCUT2D eigenvalue weighted by Crippen LogP contribution is 2.44. The third-order valence-corrected chi connectivity index (χ3v) is 5.30. The van der Waals surface area contributed by atoms with Crippen LogP contribution >= 0.6 is 0 Å². The van der Waals surface area contributed by atoms with Gasteiger partial charge in [0.05, 0.1) is 0 Å². The monoisotopic (exact) mass is 272 g/mol. The van der Waals surface area contributed by atoms with Crippen molar-refractivity contribution in [2.45, 2.75) is 64.1 Å². The van der Waals surface area contributed by atoms with Gasteiger partial charge in [-0.3, -0.25) is 4.90 Å². The fraction of sp³-hybridized carbons (Fsp3) is 0.667. The van der Waals surface area contributed by atoms with Gasteiger partial charge in [0, 0.05) is 31.2 Å². The average Bonchev–Trinajstić information content (AvgIpc) is 2.42. The van der Waals surface area contributed by atoms with Crippen molar-refractivity contribution in [2.75, 3.05) is 13.1 Å². The molecule has 3 atom stereocenters. The first-order chi connectivity index (χ1) is 9.49. The quantitative estimate of drug-likeness (QED) is 0.842. The molecule has 0 bridgehead atoms. The fourth-order valence-corrected chi connectivity index (χ4v) is 4.02. The second kappa shape index (κ2) is 5.16. The highest BCUT2D eigenvalue weighted by atomic mass is 15.2. The minimum Gasteiger partial charge on any atom is -0.311 e. The van der Waals surface area contributed by atoms with E-state index in [2.05, 4.69) is 62.2 Å². The van der Waals surface area contributed by atoms with Gasteiger partial charge in [-0.2, -0.15) is 0 Å². The standard InChI is InChI=1S/C18H28N2/c1-13-12-20(14(2)11-19-13)17-9-10-18(3,4)16-8-6-5-7-15(16)17/h5-8,13-14,17,19H,9-12H2,1-4H3. The maximum atomic E-state index is 3.60. The van der Waals surface area contributed by atoms with Gasteiger partial charge >= 0.3 is 0 Å². The van der Waals surface area contributed by atoms with E-state index < -0.39 is 0 Å². The van der Waals surface area contributed by atoms with Crippen LogP contribution in [0.4, 0.5) is 0 Å². The lowest BCUT2D eigenvalue weighted by atomic mass is 9.70. The second-order valence-electron chi connectivity index (χ2n) is 7.38. The van der Waals surface area contributed by atoms with Crippen molar-refractivity contribution in [3.63, 3.8) is 0 Å². The molecule has 3 rings (SSSR count). The summed E-state index contributed by atoms with van der Waals surface area (Å²) < 4.78 is 0. The van der Waals surface area contributed by atoms with Gasteiger partial charge in [-0.05, 0) is 43.2 Å². The van der Waals surface area contributed by atoms with Gasteiger partial charge in [0.25, 0.3) is 0 Å². The summed E-state index contributed by atoms with van der Waals surface area (Å²) in [5.74, 6) is 0. The molecule has 2 nitrogen and oxygen atoms in total. The van der Waals surface area contributed by atoms with E-state index in [4.69, 9.17) is 0 Å². The maximum Gasteiger partial charge on any atom is 0.0355 e. The second-order valence-corrected chi connectivity index (χ2v) is 7.38. The summed E-state index contributed by atoms with van der Waals surface area (Å²) in [6, 6.07) is 11.0. The van der Waals surface area contributed by atoms with Crippen LogP contribution in [0.5, 0.6) is 0 Å². The molecule has 2 aliphatic rings. The SMILES string of the molecule is CC1CN(C2CCC(C)(C)c3ccccc32)C(C)CN1. The predicted molar refractivity (Wildman–Crippen MR) is 85.1 cm³/mol. The van der Waals surface area contributed by atoms with Crippen LogP contribution in [0.15, 0.2) is 24.3 Å². The molecular weight excluding hydrogens is 244 g/mol. The van der Waals surface area contributed by atoms with E-state index in [1.54, 1.807) is 11.1 Å². The summed E-state index contributed by atoms with van der Waals surface area (Å²) in [6.07, 6.45) is 2.58. The summed E-state index contributed by atoms with van der Waals surface area (Å²) >= 11 is 0. The Morgan fingerprint density at radius 3 is 2.75 bits per heavy atom. The van der Waals surface area contributed by atoms with Crippen LogP contribution in [0.3, 0.4) is 0 Å². The first kappa shape index (κ1) is 14.1. The largest absolute Gasteiger partial charge is 0.311 e. The highest BCUT2D eigenvalue weighted by Gasteiger charge is 2.37. The van der Waals surface area contributed by atoms with Gasteiger partial charge in [-0.1, -0.05) is 38.1 Å². The van der Waals surface area contributed by atoms with E-state index in [9.17, 15) is 0 Å². The number of hydrogen-bond acceptors (Lipinski definition) is 2. The third kappa shape index (κ3) is 2.40. The first-order valence-electron chi connectivity index (χ1n) is 8.07. The van der Waals surface area contributed by atoms with Gasteiger partial charge in [0.15, 0.2) is 0 Å². The zero-order valence-electron chi connectivity index (χ0n) is 13.3. The van der Waals surface area contributed by atoms with Crippen molar-refractivity contribution < 1.29 is 0 Å². The lowest BCUT2D eigenvalue weighted by Gasteiger charge is -2.47. The van der Waals surface area contributed by atoms with Crippen LogP contribution in [0.25, 0.3) is 0 Å². The van der Waals surface area contributed by atoms with Crippen molar-refractivity contribution in [1.29, 1.82) is 0 Å². The number of nitrogens with zero attached hydrogens (tertiary/aromatic N) is 1. The molecule has 110 valence electrons. The van der Waals surface area contributed by atoms with E-state index >= 15 is 0 Å². The average molecular weight is 272 g/mol. The molecule has 1 saturated heterocycles. The summed E-state index contributed by atoms with van der Waals surface area (Å²) in [4.78, 5) is 2.73. The van der Waals surface area contributed by atoms with Crippen LogP contribution in [0, 0.1) is 0 Å². The molecule has 1 fully saturated rings. The molecule has 1 aliphatic heterocycles. The van der Waals surface area contributed by atoms with Crippen LogP contribution in [0.2, 0.25) is 0 Å². The Balaban J connectivity index is 1.95. The molecule has 0 radical (unpaired) electrons. The van der Waals surface area contributed by atoms with E-state index in [0.717, 1.165) is 6.54 Å². The molecular formula is C18H28N2. The number of rotatable bonds is 1. The van der Waals surface area contributed by atoms with E-state index in [1.165, 1.54) is 19.4 Å². The smallest absolute Gasteiger partial charge is 0.0355 e. The van der Waals surface area contributed by atoms with Crippen molar-refractivity contribution in [3.05, 3.63) is 35.4 Å². The molecule has 1 aromatic carbocycles. The van der Waals surface area contributed by atoms with Crippen LogP contribution < -0.4 is 5.32 Å². The fourth-order valence-electron chi connectivity index (χ4n) is 4.02. The molecule has 3 unspecified atom stereocenters. The minimum atomic E-state index is 0.329. The normalized spacial score (nSPS) is 33.7. The minimum absolute atomic E-state index is 0.329. The van der Waals surface area contributed by atoms with E-state index in [0.29, 0.717) is 23.5 Å². The Morgan fingerprint density at radius 1 is 1.20 bits per heavy atom. The Hall–Kier alpha value is -0.860. The van der Waals surface area contributed by atoms with Crippen molar-refractivity contribution in [3.8, 4) is 0 Å². The van der Waals surface area contributed by atoms with Crippen molar-refractivity contribution in [1.82, 2.24) is 10.2 Å². The molecule has 1 heterocycles. The predicted octanol–water partition coefficient (Wildman–Crippen LogP) is 3.48. The zero-order valence-corrected chi connectivity index (χ0v) is 13.3. The Kier molecular flexibility index (Phi) is 3.64. The molecule has 0 saturated carbocycles. The summed E-state index contributed by atoms with van der Waals surface area (Å²) in [6.45, 7) is 11.7. The van der Waals surface area contributed by atoms with E-state index in [-0.39, 0.29) is 0 Å². The van der Waals surface area contributed by atoms with Crippen molar-refractivity contribution in [2.24, 2.45) is 0 Å². The molecule has 0 aromatic heterocycles. The summed E-state index contributed by atoms with van der Waals surface area (Å²) in [5, 5.41) is 3.60. The molecule has 0 spiro atoms. The summed E-state index contributed by atoms with van der Waals surface area (Å²) in [5.41, 5.74) is 3.47. The third-order valence-electron chi connectivity index (χ3n) is 5.30. The number of hydrogen-bond donors (Lipinski definition) is 1. The number of fused-ring (bicyclic) bond motifs is 1. The highest BCUT2D eigenvalue weighted by molar-refractivity contribution is 5.38. The van der Waals surface area contributed by atoms with Gasteiger partial charge in [0.2, 0.25) is 0 Å². The lowest BCUT2D eigenvalue weighted by molar-refractivity contribution is 0.0783. The van der Waals surface area contributed by atoms with E-state index in [1.807, 2.05) is 0 Å². The van der Waals surface area contributed by atoms with Gasteiger partial charge in [0.1, 0.15) is 0 Å². The van der Waals surface area contributed by atoms with Gasteiger partial charge in [-0.15, -0.1) is 0 Å². The molecule has 1 aliphatic carbocycles. The van der Waals surface area contributed by atoms with Gasteiger partial charge < -0.3 is 5.32 Å². The molecule has 1 N–H and O–H groups in total. The number of piperazine rings is 1. The summed E-state index contributed by atoms with van der Waals surface area (Å²) in [7, 11) is 0. The van der Waals surface area contributed by atoms with Crippen LogP contribution in [0.1, 0.15) is 57.7 Å². The van der Waals surface area contributed by atoms with Crippen LogP contribution in [-0.2, 0) is 5.41 Å². The Labute approximate surface area is 123 Å². The Morgan fingerprint density at radius 2 is 1.95 bits per heavy atom.